The van der Waals surface area contributed by atoms with Gasteiger partial charge in [-0.15, -0.1) is 0 Å². The first-order chi connectivity index (χ1) is 9.22. The maximum Gasteiger partial charge on any atom is 0.324 e. The number of piperazine rings is 1. The van der Waals surface area contributed by atoms with E-state index in [1.165, 1.54) is 11.3 Å². The van der Waals surface area contributed by atoms with Gasteiger partial charge in [-0.1, -0.05) is 11.3 Å². The normalized spacial score (nSPS) is 22.3. The van der Waals surface area contributed by atoms with Crippen LogP contribution >= 0.6 is 11.3 Å². The fraction of sp³-hybridized carbons (Fsp3) is 0.667. The Bertz CT molecular complexity index is 452. The lowest BCUT2D eigenvalue weighted by Gasteiger charge is -2.43. The molecule has 0 unspecified atom stereocenters. The summed E-state index contributed by atoms with van der Waals surface area (Å²) in [6.07, 6.45) is 0. The smallest absolute Gasteiger partial charge is 0.314 e. The Morgan fingerprint density at radius 1 is 1.32 bits per heavy atom. The van der Waals surface area contributed by atoms with E-state index < -0.39 is 0 Å². The molecule has 1 aromatic rings. The first-order valence-corrected chi connectivity index (χ1v) is 7.44. The molecule has 0 bridgehead atoms. The molecule has 0 atom stereocenters. The highest BCUT2D eigenvalue weighted by molar-refractivity contribution is 7.15. The van der Waals surface area contributed by atoms with Gasteiger partial charge in [-0.3, -0.25) is 19.9 Å². The lowest BCUT2D eigenvalue weighted by Crippen LogP contribution is -2.61. The van der Waals surface area contributed by atoms with E-state index in [-0.39, 0.29) is 9.92 Å². The van der Waals surface area contributed by atoms with E-state index in [2.05, 4.69) is 15.1 Å². The number of hydrogen-bond acceptors (Lipinski definition) is 6. The third-order valence-electron chi connectivity index (χ3n) is 3.89. The zero-order valence-electron chi connectivity index (χ0n) is 10.7. The topological polar surface area (TPSA) is 61.7 Å². The SMILES string of the molecule is O=[N+]([O-])c1ccc(CN2CCN(C3CNC3)CC2)s1. The van der Waals surface area contributed by atoms with Crippen molar-refractivity contribution in [3.05, 3.63) is 27.1 Å². The molecule has 2 fully saturated rings. The van der Waals surface area contributed by atoms with Gasteiger partial charge in [-0.25, -0.2) is 0 Å². The molecule has 0 radical (unpaired) electrons. The molecule has 3 heterocycles. The van der Waals surface area contributed by atoms with Gasteiger partial charge in [0, 0.05) is 62.8 Å². The van der Waals surface area contributed by atoms with Crippen LogP contribution in [0.25, 0.3) is 0 Å². The van der Waals surface area contributed by atoms with Crippen molar-refractivity contribution in [1.29, 1.82) is 0 Å². The second-order valence-corrected chi connectivity index (χ2v) is 6.27. The summed E-state index contributed by atoms with van der Waals surface area (Å²) in [6.45, 7) is 7.42. The molecular formula is C12H18N4O2S. The third-order valence-corrected chi connectivity index (χ3v) is 4.91. The van der Waals surface area contributed by atoms with Crippen LogP contribution in [0.2, 0.25) is 0 Å². The van der Waals surface area contributed by atoms with Gasteiger partial charge in [0.25, 0.3) is 0 Å². The lowest BCUT2D eigenvalue weighted by molar-refractivity contribution is -0.380. The molecule has 0 amide bonds. The summed E-state index contributed by atoms with van der Waals surface area (Å²) < 4.78 is 0. The summed E-state index contributed by atoms with van der Waals surface area (Å²) in [5.41, 5.74) is 0. The summed E-state index contributed by atoms with van der Waals surface area (Å²) in [5.74, 6) is 0. The minimum atomic E-state index is -0.310. The average Bonchev–Trinajstić information content (AvgIpc) is 2.78. The lowest BCUT2D eigenvalue weighted by atomic mass is 10.1. The van der Waals surface area contributed by atoms with Crippen LogP contribution in [0, 0.1) is 10.1 Å². The zero-order chi connectivity index (χ0) is 13.2. The molecule has 104 valence electrons. The molecule has 1 aromatic heterocycles. The molecule has 2 aliphatic heterocycles. The fourth-order valence-corrected chi connectivity index (χ4v) is 3.45. The van der Waals surface area contributed by atoms with E-state index >= 15 is 0 Å². The van der Waals surface area contributed by atoms with E-state index in [1.807, 2.05) is 6.07 Å². The molecule has 2 saturated heterocycles. The number of nitrogens with zero attached hydrogens (tertiary/aromatic N) is 3. The van der Waals surface area contributed by atoms with Crippen molar-refractivity contribution in [2.24, 2.45) is 0 Å². The van der Waals surface area contributed by atoms with Crippen LogP contribution in [-0.2, 0) is 6.54 Å². The predicted molar refractivity (Wildman–Crippen MR) is 74.5 cm³/mol. The summed E-state index contributed by atoms with van der Waals surface area (Å²) in [7, 11) is 0. The van der Waals surface area contributed by atoms with Gasteiger partial charge in [0.15, 0.2) is 0 Å². The highest BCUT2D eigenvalue weighted by atomic mass is 32.1. The predicted octanol–water partition coefficient (Wildman–Crippen LogP) is 0.746. The minimum Gasteiger partial charge on any atom is -0.314 e. The first kappa shape index (κ1) is 13.0. The van der Waals surface area contributed by atoms with Crippen molar-refractivity contribution >= 4 is 16.3 Å². The molecule has 0 spiro atoms. The van der Waals surface area contributed by atoms with Gasteiger partial charge < -0.3 is 5.32 Å². The summed E-state index contributed by atoms with van der Waals surface area (Å²) in [4.78, 5) is 16.4. The largest absolute Gasteiger partial charge is 0.324 e. The van der Waals surface area contributed by atoms with Crippen LogP contribution in [0.5, 0.6) is 0 Å². The Hall–Kier alpha value is -1.02. The maximum atomic E-state index is 10.7. The molecule has 6 nitrogen and oxygen atoms in total. The van der Waals surface area contributed by atoms with Gasteiger partial charge in [0.1, 0.15) is 0 Å². The van der Waals surface area contributed by atoms with Crippen LogP contribution in [0.1, 0.15) is 4.88 Å². The monoisotopic (exact) mass is 282 g/mol. The Morgan fingerprint density at radius 3 is 2.58 bits per heavy atom. The van der Waals surface area contributed by atoms with Gasteiger partial charge >= 0.3 is 5.00 Å². The van der Waals surface area contributed by atoms with Crippen molar-refractivity contribution in [1.82, 2.24) is 15.1 Å². The minimum absolute atomic E-state index is 0.245. The van der Waals surface area contributed by atoms with Gasteiger partial charge in [0.05, 0.1) is 4.92 Å². The van der Waals surface area contributed by atoms with Crippen LogP contribution in [0.15, 0.2) is 12.1 Å². The average molecular weight is 282 g/mol. The number of nitro groups is 1. The van der Waals surface area contributed by atoms with Crippen molar-refractivity contribution in [2.45, 2.75) is 12.6 Å². The fourth-order valence-electron chi connectivity index (χ4n) is 2.59. The molecule has 19 heavy (non-hydrogen) atoms. The van der Waals surface area contributed by atoms with Crippen molar-refractivity contribution in [3.8, 4) is 0 Å². The quantitative estimate of drug-likeness (QED) is 0.652. The molecule has 0 aromatic carbocycles. The third kappa shape index (κ3) is 2.94. The summed E-state index contributed by atoms with van der Waals surface area (Å²) in [5, 5.41) is 14.2. The van der Waals surface area contributed by atoms with E-state index in [1.54, 1.807) is 6.07 Å². The Morgan fingerprint density at radius 2 is 2.05 bits per heavy atom. The molecular weight excluding hydrogens is 264 g/mol. The van der Waals surface area contributed by atoms with E-state index in [0.717, 1.165) is 56.7 Å². The second-order valence-electron chi connectivity index (χ2n) is 5.12. The van der Waals surface area contributed by atoms with E-state index in [0.29, 0.717) is 0 Å². The summed E-state index contributed by atoms with van der Waals surface area (Å²) >= 11 is 1.29. The standard InChI is InChI=1S/C12H18N4O2S/c17-16(18)12-2-1-11(19-12)9-14-3-5-15(6-4-14)10-7-13-8-10/h1-2,10,13H,3-9H2. The molecule has 0 saturated carbocycles. The zero-order valence-corrected chi connectivity index (χ0v) is 11.6. The van der Waals surface area contributed by atoms with Gasteiger partial charge in [0.2, 0.25) is 0 Å². The first-order valence-electron chi connectivity index (χ1n) is 6.62. The second kappa shape index (κ2) is 5.54. The van der Waals surface area contributed by atoms with Crippen molar-refractivity contribution in [3.63, 3.8) is 0 Å². The molecule has 0 aliphatic carbocycles. The maximum absolute atomic E-state index is 10.7. The van der Waals surface area contributed by atoms with Gasteiger partial charge in [-0.2, -0.15) is 0 Å². The number of rotatable bonds is 4. The Balaban J connectivity index is 1.49. The van der Waals surface area contributed by atoms with E-state index in [4.69, 9.17) is 0 Å². The number of nitrogens with one attached hydrogen (secondary N) is 1. The van der Waals surface area contributed by atoms with Gasteiger partial charge in [-0.05, 0) is 6.07 Å². The summed E-state index contributed by atoms with van der Waals surface area (Å²) in [6, 6.07) is 4.21. The molecule has 3 rings (SSSR count). The molecule has 7 heteroatoms. The van der Waals surface area contributed by atoms with Crippen LogP contribution in [0.3, 0.4) is 0 Å². The van der Waals surface area contributed by atoms with Crippen LogP contribution in [-0.4, -0.2) is 60.0 Å². The molecule has 2 aliphatic rings. The van der Waals surface area contributed by atoms with Crippen molar-refractivity contribution < 1.29 is 4.92 Å². The molecule has 1 N–H and O–H groups in total. The van der Waals surface area contributed by atoms with Crippen LogP contribution < -0.4 is 5.32 Å². The highest BCUT2D eigenvalue weighted by Gasteiger charge is 2.27. The Kier molecular flexibility index (Phi) is 3.79. The van der Waals surface area contributed by atoms with Crippen LogP contribution in [0.4, 0.5) is 5.00 Å². The Labute approximate surface area is 116 Å². The number of hydrogen-bond donors (Lipinski definition) is 1. The number of thiophene rings is 1. The van der Waals surface area contributed by atoms with Crippen molar-refractivity contribution in [2.75, 3.05) is 39.3 Å². The highest BCUT2D eigenvalue weighted by Crippen LogP contribution is 2.25. The van der Waals surface area contributed by atoms with E-state index in [9.17, 15) is 10.1 Å².